The van der Waals surface area contributed by atoms with E-state index in [9.17, 15) is 0 Å². The molecule has 0 aliphatic heterocycles. The van der Waals surface area contributed by atoms with Crippen LogP contribution in [0.25, 0.3) is 0 Å². The number of halogens is 1. The zero-order valence-electron chi connectivity index (χ0n) is 10.7. The topological polar surface area (TPSA) is 24.9 Å². The summed E-state index contributed by atoms with van der Waals surface area (Å²) in [6.45, 7) is 5.52. The van der Waals surface area contributed by atoms with Crippen LogP contribution in [0, 0.1) is 12.3 Å². The first-order valence-electron chi connectivity index (χ1n) is 6.46. The number of hydrogen-bond donors (Lipinski definition) is 1. The van der Waals surface area contributed by atoms with Crippen molar-refractivity contribution in [1.29, 1.82) is 0 Å². The van der Waals surface area contributed by atoms with E-state index in [-0.39, 0.29) is 0 Å². The number of rotatable bonds is 3. The van der Waals surface area contributed by atoms with Gasteiger partial charge < -0.3 is 5.32 Å². The van der Waals surface area contributed by atoms with Crippen LogP contribution in [0.2, 0.25) is 0 Å². The van der Waals surface area contributed by atoms with E-state index in [0.29, 0.717) is 5.41 Å². The third-order valence-electron chi connectivity index (χ3n) is 3.83. The molecule has 0 unspecified atom stereocenters. The van der Waals surface area contributed by atoms with Crippen LogP contribution in [-0.2, 0) is 0 Å². The molecule has 1 fully saturated rings. The van der Waals surface area contributed by atoms with Gasteiger partial charge in [0.15, 0.2) is 0 Å². The Morgan fingerprint density at radius 1 is 1.35 bits per heavy atom. The van der Waals surface area contributed by atoms with E-state index in [0.717, 1.165) is 16.8 Å². The van der Waals surface area contributed by atoms with Crippen LogP contribution in [0.15, 0.2) is 16.7 Å². The SMILES string of the molecule is Cc1ccnc(NCC2(C)CCCCC2)c1Br. The molecular weight excluding hydrogens is 276 g/mol. The van der Waals surface area contributed by atoms with Gasteiger partial charge in [-0.05, 0) is 52.7 Å². The van der Waals surface area contributed by atoms with Crippen molar-refractivity contribution in [1.82, 2.24) is 4.98 Å². The number of anilines is 1. The minimum Gasteiger partial charge on any atom is -0.369 e. The lowest BCUT2D eigenvalue weighted by Gasteiger charge is -2.34. The van der Waals surface area contributed by atoms with Crippen LogP contribution in [0.1, 0.15) is 44.6 Å². The molecule has 1 aliphatic rings. The van der Waals surface area contributed by atoms with Crippen molar-refractivity contribution in [2.24, 2.45) is 5.41 Å². The number of pyridine rings is 1. The minimum absolute atomic E-state index is 0.448. The monoisotopic (exact) mass is 296 g/mol. The highest BCUT2D eigenvalue weighted by Crippen LogP contribution is 2.36. The summed E-state index contributed by atoms with van der Waals surface area (Å²) in [4.78, 5) is 4.40. The molecule has 0 aromatic carbocycles. The fourth-order valence-corrected chi connectivity index (χ4v) is 2.92. The lowest BCUT2D eigenvalue weighted by atomic mass is 9.76. The standard InChI is InChI=1S/C14H21BrN2/c1-11-6-9-16-13(12(11)15)17-10-14(2)7-4-3-5-8-14/h6,9H,3-5,7-8,10H2,1-2H3,(H,16,17). The van der Waals surface area contributed by atoms with Gasteiger partial charge in [-0.25, -0.2) is 4.98 Å². The summed E-state index contributed by atoms with van der Waals surface area (Å²) in [6, 6.07) is 2.03. The molecule has 1 aromatic heterocycles. The Bertz CT molecular complexity index is 384. The van der Waals surface area contributed by atoms with Crippen molar-refractivity contribution in [2.45, 2.75) is 46.0 Å². The molecule has 0 spiro atoms. The molecule has 94 valence electrons. The van der Waals surface area contributed by atoms with Gasteiger partial charge in [-0.3, -0.25) is 0 Å². The summed E-state index contributed by atoms with van der Waals surface area (Å²) < 4.78 is 1.10. The summed E-state index contributed by atoms with van der Waals surface area (Å²) in [5, 5.41) is 3.51. The van der Waals surface area contributed by atoms with Gasteiger partial charge in [-0.2, -0.15) is 0 Å². The molecule has 3 heteroatoms. The maximum atomic E-state index is 4.40. The highest BCUT2D eigenvalue weighted by Gasteiger charge is 2.26. The van der Waals surface area contributed by atoms with E-state index >= 15 is 0 Å². The predicted molar refractivity (Wildman–Crippen MR) is 76.4 cm³/mol. The molecule has 0 saturated heterocycles. The van der Waals surface area contributed by atoms with Gasteiger partial charge >= 0.3 is 0 Å². The Hall–Kier alpha value is -0.570. The molecule has 1 N–H and O–H groups in total. The molecule has 1 saturated carbocycles. The van der Waals surface area contributed by atoms with Gasteiger partial charge in [0.05, 0.1) is 4.47 Å². The maximum Gasteiger partial charge on any atom is 0.140 e. The van der Waals surface area contributed by atoms with E-state index in [2.05, 4.69) is 40.1 Å². The van der Waals surface area contributed by atoms with Crippen LogP contribution in [0.5, 0.6) is 0 Å². The second kappa shape index (κ2) is 5.38. The van der Waals surface area contributed by atoms with Crippen LogP contribution >= 0.6 is 15.9 Å². The van der Waals surface area contributed by atoms with Gasteiger partial charge in [-0.1, -0.05) is 26.2 Å². The molecule has 0 bridgehead atoms. The Balaban J connectivity index is 1.99. The number of hydrogen-bond acceptors (Lipinski definition) is 2. The van der Waals surface area contributed by atoms with Crippen molar-refractivity contribution >= 4 is 21.7 Å². The second-order valence-electron chi connectivity index (χ2n) is 5.52. The molecule has 17 heavy (non-hydrogen) atoms. The number of aryl methyl sites for hydroxylation is 1. The normalized spacial score (nSPS) is 19.0. The van der Waals surface area contributed by atoms with Crippen molar-refractivity contribution in [3.8, 4) is 0 Å². The fourth-order valence-electron chi connectivity index (χ4n) is 2.54. The van der Waals surface area contributed by atoms with Crippen LogP contribution < -0.4 is 5.32 Å². The summed E-state index contributed by atoms with van der Waals surface area (Å²) >= 11 is 3.60. The highest BCUT2D eigenvalue weighted by molar-refractivity contribution is 9.10. The summed E-state index contributed by atoms with van der Waals surface area (Å²) in [7, 11) is 0. The third kappa shape index (κ3) is 3.21. The van der Waals surface area contributed by atoms with Crippen LogP contribution in [0.4, 0.5) is 5.82 Å². The Morgan fingerprint density at radius 2 is 2.06 bits per heavy atom. The van der Waals surface area contributed by atoms with E-state index in [1.165, 1.54) is 37.7 Å². The Morgan fingerprint density at radius 3 is 2.76 bits per heavy atom. The first kappa shape index (κ1) is 12.9. The Kier molecular flexibility index (Phi) is 4.08. The lowest BCUT2D eigenvalue weighted by Crippen LogP contribution is -2.29. The Labute approximate surface area is 112 Å². The average molecular weight is 297 g/mol. The van der Waals surface area contributed by atoms with Gasteiger partial charge in [0.1, 0.15) is 5.82 Å². The zero-order valence-corrected chi connectivity index (χ0v) is 12.3. The summed E-state index contributed by atoms with van der Waals surface area (Å²) in [5.41, 5.74) is 1.68. The lowest BCUT2D eigenvalue weighted by molar-refractivity contribution is 0.233. The third-order valence-corrected chi connectivity index (χ3v) is 4.83. The second-order valence-corrected chi connectivity index (χ2v) is 6.31. The van der Waals surface area contributed by atoms with Crippen molar-refractivity contribution in [3.05, 3.63) is 22.3 Å². The first-order chi connectivity index (χ1) is 8.11. The van der Waals surface area contributed by atoms with E-state index in [1.54, 1.807) is 0 Å². The highest BCUT2D eigenvalue weighted by atomic mass is 79.9. The van der Waals surface area contributed by atoms with Gasteiger partial charge in [-0.15, -0.1) is 0 Å². The number of nitrogens with zero attached hydrogens (tertiary/aromatic N) is 1. The molecule has 1 aromatic rings. The van der Waals surface area contributed by atoms with E-state index < -0.39 is 0 Å². The molecule has 0 amide bonds. The zero-order chi connectivity index (χ0) is 12.3. The van der Waals surface area contributed by atoms with Crippen LogP contribution in [0.3, 0.4) is 0 Å². The van der Waals surface area contributed by atoms with Gasteiger partial charge in [0.25, 0.3) is 0 Å². The minimum atomic E-state index is 0.448. The number of nitrogens with one attached hydrogen (secondary N) is 1. The molecular formula is C14H21BrN2. The molecule has 2 nitrogen and oxygen atoms in total. The molecule has 2 rings (SSSR count). The van der Waals surface area contributed by atoms with E-state index in [4.69, 9.17) is 0 Å². The average Bonchev–Trinajstić information content (AvgIpc) is 2.32. The molecule has 1 aliphatic carbocycles. The van der Waals surface area contributed by atoms with Crippen LogP contribution in [-0.4, -0.2) is 11.5 Å². The van der Waals surface area contributed by atoms with Crippen molar-refractivity contribution in [3.63, 3.8) is 0 Å². The molecule has 0 atom stereocenters. The molecule has 1 heterocycles. The van der Waals surface area contributed by atoms with Crippen molar-refractivity contribution in [2.75, 3.05) is 11.9 Å². The fraction of sp³-hybridized carbons (Fsp3) is 0.643. The van der Waals surface area contributed by atoms with Crippen molar-refractivity contribution < 1.29 is 0 Å². The first-order valence-corrected chi connectivity index (χ1v) is 7.25. The smallest absolute Gasteiger partial charge is 0.140 e. The quantitative estimate of drug-likeness (QED) is 0.886. The van der Waals surface area contributed by atoms with Gasteiger partial charge in [0, 0.05) is 12.7 Å². The van der Waals surface area contributed by atoms with E-state index in [1.807, 2.05) is 12.3 Å². The predicted octanol–water partition coefficient (Wildman–Crippen LogP) is 4.53. The molecule has 0 radical (unpaired) electrons. The maximum absolute atomic E-state index is 4.40. The summed E-state index contributed by atoms with van der Waals surface area (Å²) in [5.74, 6) is 0.983. The number of aromatic nitrogens is 1. The largest absolute Gasteiger partial charge is 0.369 e. The van der Waals surface area contributed by atoms with Gasteiger partial charge in [0.2, 0.25) is 0 Å². The summed E-state index contributed by atoms with van der Waals surface area (Å²) in [6.07, 6.45) is 8.70.